The number of carbonyl (C=O) groups excluding carboxylic acids is 1. The Bertz CT molecular complexity index is 791. The largest absolute Gasteiger partial charge is 0.370 e. The Hall–Kier alpha value is -1.90. The summed E-state index contributed by atoms with van der Waals surface area (Å²) < 4.78 is 24.2. The molecule has 2 fully saturated rings. The maximum atomic E-state index is 12.2. The summed E-state index contributed by atoms with van der Waals surface area (Å²) in [5.74, 6) is 0.308. The SMILES string of the molecule is Cn1ncc(N2CCC(CNC(=O)C3CCS(=O)(=O)CC3)C2)cc1=O. The van der Waals surface area contributed by atoms with Crippen molar-refractivity contribution in [3.05, 3.63) is 22.6 Å². The summed E-state index contributed by atoms with van der Waals surface area (Å²) in [7, 11) is -1.33. The molecule has 0 saturated carbocycles. The lowest BCUT2D eigenvalue weighted by Gasteiger charge is -2.22. The van der Waals surface area contributed by atoms with Crippen LogP contribution in [0.4, 0.5) is 5.69 Å². The van der Waals surface area contributed by atoms with E-state index in [1.165, 1.54) is 4.68 Å². The predicted octanol–water partition coefficient (Wildman–Crippen LogP) is -0.452. The fraction of sp³-hybridized carbons (Fsp3) is 0.688. The molecule has 1 aromatic rings. The highest BCUT2D eigenvalue weighted by molar-refractivity contribution is 7.91. The molecule has 3 rings (SSSR count). The van der Waals surface area contributed by atoms with Gasteiger partial charge >= 0.3 is 0 Å². The van der Waals surface area contributed by atoms with Gasteiger partial charge in [0.15, 0.2) is 0 Å². The van der Waals surface area contributed by atoms with Crippen LogP contribution in [0.1, 0.15) is 19.3 Å². The molecular weight excluding hydrogens is 344 g/mol. The topological polar surface area (TPSA) is 101 Å². The van der Waals surface area contributed by atoms with Gasteiger partial charge < -0.3 is 10.2 Å². The average Bonchev–Trinajstić information content (AvgIpc) is 3.04. The van der Waals surface area contributed by atoms with E-state index in [0.29, 0.717) is 25.3 Å². The lowest BCUT2D eigenvalue weighted by atomic mass is 10.0. The number of hydrogen-bond donors (Lipinski definition) is 1. The van der Waals surface area contributed by atoms with Crippen LogP contribution < -0.4 is 15.8 Å². The number of aryl methyl sites for hydroxylation is 1. The summed E-state index contributed by atoms with van der Waals surface area (Å²) in [5.41, 5.74) is 0.677. The first-order valence-electron chi connectivity index (χ1n) is 8.60. The normalized spacial score (nSPS) is 23.6. The summed E-state index contributed by atoms with van der Waals surface area (Å²) in [4.78, 5) is 26.0. The number of nitrogens with zero attached hydrogens (tertiary/aromatic N) is 3. The van der Waals surface area contributed by atoms with Gasteiger partial charge in [0.25, 0.3) is 5.56 Å². The van der Waals surface area contributed by atoms with Crippen molar-refractivity contribution < 1.29 is 13.2 Å². The van der Waals surface area contributed by atoms with E-state index in [9.17, 15) is 18.0 Å². The van der Waals surface area contributed by atoms with Gasteiger partial charge in [0, 0.05) is 38.7 Å². The van der Waals surface area contributed by atoms with Crippen molar-refractivity contribution in [2.75, 3.05) is 36.0 Å². The van der Waals surface area contributed by atoms with Crippen molar-refractivity contribution in [1.29, 1.82) is 0 Å². The van der Waals surface area contributed by atoms with Crippen LogP contribution in [0.15, 0.2) is 17.1 Å². The molecule has 2 aliphatic heterocycles. The molecule has 0 spiro atoms. The summed E-state index contributed by atoms with van der Waals surface area (Å²) in [6, 6.07) is 1.58. The van der Waals surface area contributed by atoms with Crippen molar-refractivity contribution in [2.45, 2.75) is 19.3 Å². The Labute approximate surface area is 147 Å². The minimum absolute atomic E-state index is 0.0383. The molecule has 0 aromatic carbocycles. The molecule has 1 N–H and O–H groups in total. The summed E-state index contributed by atoms with van der Waals surface area (Å²) in [6.07, 6.45) is 3.47. The second kappa shape index (κ2) is 7.15. The Kier molecular flexibility index (Phi) is 5.12. The standard InChI is InChI=1S/C16H24N4O4S/c1-19-15(21)8-14(10-18-19)20-5-2-12(11-20)9-17-16(22)13-3-6-25(23,24)7-4-13/h8,10,12-13H,2-7,9,11H2,1H3,(H,17,22). The van der Waals surface area contributed by atoms with Crippen LogP contribution in [0.3, 0.4) is 0 Å². The smallest absolute Gasteiger partial charge is 0.268 e. The second-order valence-electron chi connectivity index (χ2n) is 6.95. The minimum Gasteiger partial charge on any atom is -0.370 e. The minimum atomic E-state index is -2.94. The lowest BCUT2D eigenvalue weighted by Crippen LogP contribution is -2.38. The van der Waals surface area contributed by atoms with Crippen molar-refractivity contribution >= 4 is 21.4 Å². The van der Waals surface area contributed by atoms with E-state index in [1.54, 1.807) is 19.3 Å². The van der Waals surface area contributed by atoms with E-state index >= 15 is 0 Å². The molecule has 1 aromatic heterocycles. The van der Waals surface area contributed by atoms with E-state index in [1.807, 2.05) is 0 Å². The number of aromatic nitrogens is 2. The third-order valence-electron chi connectivity index (χ3n) is 5.09. The number of carbonyl (C=O) groups is 1. The maximum absolute atomic E-state index is 12.2. The number of rotatable bonds is 4. The summed E-state index contributed by atoms with van der Waals surface area (Å²) in [5, 5.41) is 7.01. The fourth-order valence-electron chi connectivity index (χ4n) is 3.41. The van der Waals surface area contributed by atoms with Crippen LogP contribution in [0.5, 0.6) is 0 Å². The van der Waals surface area contributed by atoms with Gasteiger partial charge in [-0.25, -0.2) is 13.1 Å². The molecule has 25 heavy (non-hydrogen) atoms. The Balaban J connectivity index is 1.48. The van der Waals surface area contributed by atoms with Crippen LogP contribution in [0.25, 0.3) is 0 Å². The molecule has 1 atom stereocenters. The van der Waals surface area contributed by atoms with Gasteiger partial charge in [0.1, 0.15) is 9.84 Å². The van der Waals surface area contributed by atoms with E-state index < -0.39 is 9.84 Å². The number of anilines is 1. The average molecular weight is 368 g/mol. The zero-order valence-electron chi connectivity index (χ0n) is 14.3. The van der Waals surface area contributed by atoms with Gasteiger partial charge in [-0.05, 0) is 25.2 Å². The van der Waals surface area contributed by atoms with Crippen LogP contribution in [0, 0.1) is 11.8 Å². The quantitative estimate of drug-likeness (QED) is 0.772. The summed E-state index contributed by atoms with van der Waals surface area (Å²) >= 11 is 0. The fourth-order valence-corrected chi connectivity index (χ4v) is 4.90. The Morgan fingerprint density at radius 2 is 2.04 bits per heavy atom. The van der Waals surface area contributed by atoms with Crippen molar-refractivity contribution in [3.63, 3.8) is 0 Å². The van der Waals surface area contributed by atoms with Crippen LogP contribution in [-0.4, -0.2) is 55.2 Å². The first-order valence-corrected chi connectivity index (χ1v) is 10.4. The first-order chi connectivity index (χ1) is 11.8. The molecule has 138 valence electrons. The number of hydrogen-bond acceptors (Lipinski definition) is 6. The van der Waals surface area contributed by atoms with Gasteiger partial charge in [0.2, 0.25) is 5.91 Å². The van der Waals surface area contributed by atoms with Crippen LogP contribution >= 0.6 is 0 Å². The second-order valence-corrected chi connectivity index (χ2v) is 9.25. The number of nitrogens with one attached hydrogen (secondary N) is 1. The van der Waals surface area contributed by atoms with Gasteiger partial charge in [-0.15, -0.1) is 0 Å². The third-order valence-corrected chi connectivity index (χ3v) is 6.81. The molecule has 1 unspecified atom stereocenters. The Morgan fingerprint density at radius 1 is 1.32 bits per heavy atom. The van der Waals surface area contributed by atoms with Gasteiger partial charge in [-0.2, -0.15) is 5.10 Å². The van der Waals surface area contributed by atoms with E-state index in [0.717, 1.165) is 25.2 Å². The number of amides is 1. The zero-order chi connectivity index (χ0) is 18.0. The van der Waals surface area contributed by atoms with E-state index in [4.69, 9.17) is 0 Å². The zero-order valence-corrected chi connectivity index (χ0v) is 15.2. The molecular formula is C16H24N4O4S. The third kappa shape index (κ3) is 4.39. The molecule has 0 bridgehead atoms. The predicted molar refractivity (Wildman–Crippen MR) is 94.2 cm³/mol. The molecule has 8 nitrogen and oxygen atoms in total. The van der Waals surface area contributed by atoms with Gasteiger partial charge in [0.05, 0.1) is 23.4 Å². The highest BCUT2D eigenvalue weighted by atomic mass is 32.2. The highest BCUT2D eigenvalue weighted by Gasteiger charge is 2.29. The molecule has 3 heterocycles. The molecule has 2 aliphatic rings. The lowest BCUT2D eigenvalue weighted by molar-refractivity contribution is -0.125. The van der Waals surface area contributed by atoms with Crippen molar-refractivity contribution in [2.24, 2.45) is 18.9 Å². The molecule has 2 saturated heterocycles. The monoisotopic (exact) mass is 368 g/mol. The Morgan fingerprint density at radius 3 is 2.72 bits per heavy atom. The van der Waals surface area contributed by atoms with E-state index in [-0.39, 0.29) is 28.9 Å². The molecule has 9 heteroatoms. The number of sulfone groups is 1. The van der Waals surface area contributed by atoms with Crippen molar-refractivity contribution in [3.8, 4) is 0 Å². The first kappa shape index (κ1) is 17.9. The van der Waals surface area contributed by atoms with Gasteiger partial charge in [-0.1, -0.05) is 0 Å². The highest BCUT2D eigenvalue weighted by Crippen LogP contribution is 2.22. The maximum Gasteiger partial charge on any atom is 0.268 e. The molecule has 1 amide bonds. The summed E-state index contributed by atoms with van der Waals surface area (Å²) in [6.45, 7) is 2.18. The molecule has 0 aliphatic carbocycles. The van der Waals surface area contributed by atoms with Crippen LogP contribution in [0.2, 0.25) is 0 Å². The van der Waals surface area contributed by atoms with Crippen LogP contribution in [-0.2, 0) is 21.7 Å². The molecule has 0 radical (unpaired) electrons. The van der Waals surface area contributed by atoms with Crippen molar-refractivity contribution in [1.82, 2.24) is 15.1 Å². The van der Waals surface area contributed by atoms with E-state index in [2.05, 4.69) is 15.3 Å². The van der Waals surface area contributed by atoms with Gasteiger partial charge in [-0.3, -0.25) is 9.59 Å².